The molecule has 0 aromatic heterocycles. The Balaban J connectivity index is 1.64. The molecule has 2 rings (SSSR count). The molecule has 6 nitrogen and oxygen atoms in total. The lowest BCUT2D eigenvalue weighted by Gasteiger charge is -2.32. The monoisotopic (exact) mass is 297 g/mol. The Kier molecular flexibility index (Phi) is 5.85. The van der Waals surface area contributed by atoms with Crippen molar-refractivity contribution in [2.75, 3.05) is 19.6 Å². The van der Waals surface area contributed by atoms with E-state index in [1.807, 2.05) is 0 Å². The first-order chi connectivity index (χ1) is 10.1. The number of hydrogen-bond acceptors (Lipinski definition) is 3. The Bertz CT molecular complexity index is 369. The molecule has 0 aromatic rings. The van der Waals surface area contributed by atoms with Gasteiger partial charge in [-0.05, 0) is 52.1 Å². The summed E-state index contributed by atoms with van der Waals surface area (Å²) in [5, 5.41) is 14.8. The maximum atomic E-state index is 11.9. The lowest BCUT2D eigenvalue weighted by atomic mass is 10.1. The Hall–Kier alpha value is -1.30. The normalized spacial score (nSPS) is 28.0. The van der Waals surface area contributed by atoms with Gasteiger partial charge in [-0.15, -0.1) is 0 Å². The molecule has 0 spiro atoms. The van der Waals surface area contributed by atoms with E-state index >= 15 is 0 Å². The molecule has 1 saturated carbocycles. The summed E-state index contributed by atoms with van der Waals surface area (Å²) in [5.41, 5.74) is 0. The van der Waals surface area contributed by atoms with E-state index in [1.54, 1.807) is 0 Å². The van der Waals surface area contributed by atoms with Gasteiger partial charge in [0.25, 0.3) is 0 Å². The third-order valence-electron chi connectivity index (χ3n) is 4.69. The van der Waals surface area contributed by atoms with Crippen molar-refractivity contribution in [2.24, 2.45) is 5.92 Å². The van der Waals surface area contributed by atoms with Gasteiger partial charge in [0.1, 0.15) is 0 Å². The van der Waals surface area contributed by atoms with Gasteiger partial charge in [0.15, 0.2) is 0 Å². The molecular weight excluding hydrogens is 270 g/mol. The molecule has 3 atom stereocenters. The van der Waals surface area contributed by atoms with Crippen LogP contribution in [0.5, 0.6) is 0 Å². The van der Waals surface area contributed by atoms with Crippen LogP contribution >= 0.6 is 0 Å². The maximum absolute atomic E-state index is 11.9. The smallest absolute Gasteiger partial charge is 0.315 e. The Morgan fingerprint density at radius 1 is 1.24 bits per heavy atom. The van der Waals surface area contributed by atoms with E-state index in [1.165, 1.54) is 19.3 Å². The highest BCUT2D eigenvalue weighted by Gasteiger charge is 2.30. The van der Waals surface area contributed by atoms with Gasteiger partial charge >= 0.3 is 12.0 Å². The quantitative estimate of drug-likeness (QED) is 0.716. The summed E-state index contributed by atoms with van der Waals surface area (Å²) in [5.74, 6) is -1.05. The largest absolute Gasteiger partial charge is 0.481 e. The number of carbonyl (C=O) groups excluding carboxylic acids is 1. The average molecular weight is 297 g/mol. The number of aliphatic carboxylic acids is 1. The van der Waals surface area contributed by atoms with Gasteiger partial charge in [0, 0.05) is 18.6 Å². The number of carbonyl (C=O) groups is 2. The maximum Gasteiger partial charge on any atom is 0.315 e. The minimum atomic E-state index is -0.751. The van der Waals surface area contributed by atoms with Crippen LogP contribution in [0.15, 0.2) is 0 Å². The SMILES string of the molecule is CC(CNC(=O)NC1CCC(C(=O)O)C1)N1CCCCC1. The van der Waals surface area contributed by atoms with Crippen molar-refractivity contribution in [3.05, 3.63) is 0 Å². The number of nitrogens with one attached hydrogen (secondary N) is 2. The highest BCUT2D eigenvalue weighted by Crippen LogP contribution is 2.25. The predicted molar refractivity (Wildman–Crippen MR) is 80.2 cm³/mol. The van der Waals surface area contributed by atoms with E-state index in [0.29, 0.717) is 25.4 Å². The molecule has 1 heterocycles. The van der Waals surface area contributed by atoms with E-state index < -0.39 is 5.97 Å². The zero-order chi connectivity index (χ0) is 15.2. The number of carboxylic acid groups (broad SMARTS) is 1. The number of rotatable bonds is 5. The third-order valence-corrected chi connectivity index (χ3v) is 4.69. The Morgan fingerprint density at radius 3 is 2.57 bits per heavy atom. The highest BCUT2D eigenvalue weighted by atomic mass is 16.4. The first-order valence-corrected chi connectivity index (χ1v) is 8.07. The van der Waals surface area contributed by atoms with E-state index in [-0.39, 0.29) is 18.0 Å². The van der Waals surface area contributed by atoms with E-state index in [4.69, 9.17) is 5.11 Å². The molecule has 1 aliphatic carbocycles. The first kappa shape index (κ1) is 16.1. The van der Waals surface area contributed by atoms with Gasteiger partial charge < -0.3 is 15.7 Å². The fourth-order valence-electron chi connectivity index (χ4n) is 3.30. The van der Waals surface area contributed by atoms with Crippen molar-refractivity contribution in [1.29, 1.82) is 0 Å². The molecular formula is C15H27N3O3. The summed E-state index contributed by atoms with van der Waals surface area (Å²) >= 11 is 0. The number of likely N-dealkylation sites (tertiary alicyclic amines) is 1. The molecule has 21 heavy (non-hydrogen) atoms. The van der Waals surface area contributed by atoms with Crippen LogP contribution in [0.3, 0.4) is 0 Å². The zero-order valence-corrected chi connectivity index (χ0v) is 12.8. The third kappa shape index (κ3) is 4.88. The minimum absolute atomic E-state index is 0.00334. The summed E-state index contributed by atoms with van der Waals surface area (Å²) in [6.07, 6.45) is 5.76. The van der Waals surface area contributed by atoms with Crippen molar-refractivity contribution in [1.82, 2.24) is 15.5 Å². The number of hydrogen-bond donors (Lipinski definition) is 3. The van der Waals surface area contributed by atoms with E-state index in [9.17, 15) is 9.59 Å². The standard InChI is InChI=1S/C15H27N3O3/c1-11(18-7-3-2-4-8-18)10-16-15(21)17-13-6-5-12(9-13)14(19)20/h11-13H,2-10H2,1H3,(H,19,20)(H2,16,17,21). The van der Waals surface area contributed by atoms with Crippen molar-refractivity contribution >= 4 is 12.0 Å². The lowest BCUT2D eigenvalue weighted by molar-refractivity contribution is -0.141. The van der Waals surface area contributed by atoms with Crippen molar-refractivity contribution in [3.8, 4) is 0 Å². The van der Waals surface area contributed by atoms with Gasteiger partial charge in [0.05, 0.1) is 5.92 Å². The summed E-state index contributed by atoms with van der Waals surface area (Å²) < 4.78 is 0. The molecule has 0 aromatic carbocycles. The van der Waals surface area contributed by atoms with Crippen molar-refractivity contribution < 1.29 is 14.7 Å². The number of amides is 2. The van der Waals surface area contributed by atoms with E-state index in [2.05, 4.69) is 22.5 Å². The second-order valence-corrected chi connectivity index (χ2v) is 6.35. The first-order valence-electron chi connectivity index (χ1n) is 8.07. The fourth-order valence-corrected chi connectivity index (χ4v) is 3.30. The number of nitrogens with zero attached hydrogens (tertiary/aromatic N) is 1. The molecule has 120 valence electrons. The molecule has 2 fully saturated rings. The van der Waals surface area contributed by atoms with Crippen LogP contribution in [0, 0.1) is 5.92 Å². The topological polar surface area (TPSA) is 81.7 Å². The molecule has 1 aliphatic heterocycles. The Morgan fingerprint density at radius 2 is 1.95 bits per heavy atom. The summed E-state index contributed by atoms with van der Waals surface area (Å²) in [6, 6.07) is 0.178. The van der Waals surface area contributed by atoms with Crippen LogP contribution in [0.25, 0.3) is 0 Å². The molecule has 2 aliphatic rings. The molecule has 0 radical (unpaired) electrons. The zero-order valence-electron chi connectivity index (χ0n) is 12.8. The van der Waals surface area contributed by atoms with Crippen LogP contribution in [-0.2, 0) is 4.79 Å². The molecule has 2 amide bonds. The lowest BCUT2D eigenvalue weighted by Crippen LogP contribution is -2.48. The minimum Gasteiger partial charge on any atom is -0.481 e. The molecule has 1 saturated heterocycles. The summed E-state index contributed by atoms with van der Waals surface area (Å²) in [7, 11) is 0. The van der Waals surface area contributed by atoms with Gasteiger partial charge in [-0.1, -0.05) is 6.42 Å². The van der Waals surface area contributed by atoms with Crippen molar-refractivity contribution in [3.63, 3.8) is 0 Å². The van der Waals surface area contributed by atoms with Gasteiger partial charge in [-0.2, -0.15) is 0 Å². The summed E-state index contributed by atoms with van der Waals surface area (Å²) in [4.78, 5) is 25.2. The number of carboxylic acids is 1. The van der Waals surface area contributed by atoms with Crippen molar-refractivity contribution in [2.45, 2.75) is 57.5 Å². The van der Waals surface area contributed by atoms with Crippen LogP contribution in [0.2, 0.25) is 0 Å². The second kappa shape index (κ2) is 7.64. The van der Waals surface area contributed by atoms with E-state index in [0.717, 1.165) is 19.5 Å². The Labute approximate surface area is 126 Å². The van der Waals surface area contributed by atoms with Crippen LogP contribution < -0.4 is 10.6 Å². The molecule has 6 heteroatoms. The molecule has 3 unspecified atom stereocenters. The number of urea groups is 1. The molecule has 3 N–H and O–H groups in total. The van der Waals surface area contributed by atoms with Crippen LogP contribution in [-0.4, -0.2) is 53.7 Å². The fraction of sp³-hybridized carbons (Fsp3) is 0.867. The predicted octanol–water partition coefficient (Wildman–Crippen LogP) is 1.41. The number of piperidine rings is 1. The average Bonchev–Trinajstić information content (AvgIpc) is 2.94. The van der Waals surface area contributed by atoms with Gasteiger partial charge in [-0.25, -0.2) is 4.79 Å². The second-order valence-electron chi connectivity index (χ2n) is 6.35. The summed E-state index contributed by atoms with van der Waals surface area (Å²) in [6.45, 7) is 5.02. The van der Waals surface area contributed by atoms with Gasteiger partial charge in [-0.3, -0.25) is 9.69 Å². The highest BCUT2D eigenvalue weighted by molar-refractivity contribution is 5.75. The van der Waals surface area contributed by atoms with Crippen LogP contribution in [0.4, 0.5) is 4.79 Å². The van der Waals surface area contributed by atoms with Crippen LogP contribution in [0.1, 0.15) is 45.4 Å². The van der Waals surface area contributed by atoms with Gasteiger partial charge in [0.2, 0.25) is 0 Å². The molecule has 0 bridgehead atoms.